The van der Waals surface area contributed by atoms with E-state index in [1.807, 2.05) is 36.4 Å². The van der Waals surface area contributed by atoms with Crippen molar-refractivity contribution in [2.45, 2.75) is 18.3 Å². The number of carbonyl (C=O) groups excluding carboxylic acids is 1. The van der Waals surface area contributed by atoms with Crippen LogP contribution < -0.4 is 10.1 Å². The van der Waals surface area contributed by atoms with Crippen molar-refractivity contribution in [3.05, 3.63) is 70.2 Å². The lowest BCUT2D eigenvalue weighted by Gasteiger charge is -2.37. The van der Waals surface area contributed by atoms with Gasteiger partial charge >= 0.3 is 0 Å². The van der Waals surface area contributed by atoms with Gasteiger partial charge in [0.05, 0.1) is 7.11 Å². The van der Waals surface area contributed by atoms with Gasteiger partial charge in [0.25, 0.3) is 0 Å². The molecule has 0 saturated carbocycles. The van der Waals surface area contributed by atoms with E-state index in [1.165, 1.54) is 5.56 Å². The van der Waals surface area contributed by atoms with Crippen LogP contribution in [0.25, 0.3) is 6.08 Å². The van der Waals surface area contributed by atoms with Crippen LogP contribution in [0.5, 0.6) is 5.75 Å². The van der Waals surface area contributed by atoms with Crippen LogP contribution in [0, 0.1) is 0 Å². The van der Waals surface area contributed by atoms with Gasteiger partial charge < -0.3 is 14.8 Å². The summed E-state index contributed by atoms with van der Waals surface area (Å²) in [7, 11) is 1.62. The molecular formula is C22H24BrNO3. The zero-order chi connectivity index (χ0) is 19.1. The Labute approximate surface area is 168 Å². The van der Waals surface area contributed by atoms with E-state index in [-0.39, 0.29) is 11.3 Å². The van der Waals surface area contributed by atoms with Gasteiger partial charge in [0, 0.05) is 41.3 Å². The molecule has 0 unspecified atom stereocenters. The Hall–Kier alpha value is -2.11. The first-order valence-corrected chi connectivity index (χ1v) is 9.85. The highest BCUT2D eigenvalue weighted by Gasteiger charge is 2.34. The van der Waals surface area contributed by atoms with Crippen molar-refractivity contribution in [1.29, 1.82) is 0 Å². The summed E-state index contributed by atoms with van der Waals surface area (Å²) in [5.74, 6) is 0.617. The number of carbonyl (C=O) groups is 1. The first-order valence-electron chi connectivity index (χ1n) is 9.06. The van der Waals surface area contributed by atoms with Crippen LogP contribution >= 0.6 is 15.9 Å². The smallest absolute Gasteiger partial charge is 0.244 e. The maximum Gasteiger partial charge on any atom is 0.244 e. The molecule has 1 heterocycles. The van der Waals surface area contributed by atoms with Gasteiger partial charge in [-0.2, -0.15) is 0 Å². The molecule has 1 fully saturated rings. The minimum Gasteiger partial charge on any atom is -0.496 e. The average molecular weight is 430 g/mol. The minimum absolute atomic E-state index is 0.0729. The Morgan fingerprint density at radius 3 is 2.67 bits per heavy atom. The third kappa shape index (κ3) is 4.99. The van der Waals surface area contributed by atoms with Gasteiger partial charge in [0.1, 0.15) is 5.75 Å². The summed E-state index contributed by atoms with van der Waals surface area (Å²) in [6, 6.07) is 16.1. The SMILES string of the molecule is COc1ccc(Br)cc1C=CC(=O)NCC1(c2ccccc2)CCOCC1. The Kier molecular flexibility index (Phi) is 6.69. The van der Waals surface area contributed by atoms with Crippen LogP contribution in [0.15, 0.2) is 59.1 Å². The van der Waals surface area contributed by atoms with Gasteiger partial charge in [-0.15, -0.1) is 0 Å². The molecule has 2 aromatic rings. The summed E-state index contributed by atoms with van der Waals surface area (Å²) in [6.45, 7) is 2.03. The third-order valence-electron chi connectivity index (χ3n) is 5.04. The molecule has 0 bridgehead atoms. The van der Waals surface area contributed by atoms with E-state index in [0.717, 1.165) is 41.8 Å². The molecule has 1 N–H and O–H groups in total. The monoisotopic (exact) mass is 429 g/mol. The molecule has 2 aromatic carbocycles. The highest BCUT2D eigenvalue weighted by Crippen LogP contribution is 2.34. The molecule has 0 radical (unpaired) electrons. The maximum atomic E-state index is 12.4. The quantitative estimate of drug-likeness (QED) is 0.694. The molecule has 27 heavy (non-hydrogen) atoms. The van der Waals surface area contributed by atoms with E-state index >= 15 is 0 Å². The standard InChI is InChI=1S/C22H24BrNO3/c1-26-20-9-8-19(23)15-17(20)7-10-21(25)24-16-22(11-13-27-14-12-22)18-5-3-2-4-6-18/h2-10,15H,11-14,16H2,1H3,(H,24,25). The number of halogens is 1. The lowest BCUT2D eigenvalue weighted by Crippen LogP contribution is -2.44. The summed E-state index contributed by atoms with van der Waals surface area (Å²) in [6.07, 6.45) is 5.14. The predicted molar refractivity (Wildman–Crippen MR) is 111 cm³/mol. The second kappa shape index (κ2) is 9.20. The van der Waals surface area contributed by atoms with E-state index in [2.05, 4.69) is 33.4 Å². The number of nitrogens with one attached hydrogen (secondary N) is 1. The van der Waals surface area contributed by atoms with Crippen LogP contribution in [-0.2, 0) is 14.9 Å². The van der Waals surface area contributed by atoms with E-state index in [4.69, 9.17) is 9.47 Å². The van der Waals surface area contributed by atoms with Crippen LogP contribution in [0.1, 0.15) is 24.0 Å². The molecule has 3 rings (SSSR count). The topological polar surface area (TPSA) is 47.6 Å². The molecule has 142 valence electrons. The first-order chi connectivity index (χ1) is 13.1. The summed E-state index contributed by atoms with van der Waals surface area (Å²) in [4.78, 5) is 12.4. The largest absolute Gasteiger partial charge is 0.496 e. The van der Waals surface area contributed by atoms with E-state index in [0.29, 0.717) is 6.54 Å². The Balaban J connectivity index is 1.69. The van der Waals surface area contributed by atoms with Crippen molar-refractivity contribution < 1.29 is 14.3 Å². The van der Waals surface area contributed by atoms with Crippen LogP contribution in [0.4, 0.5) is 0 Å². The molecular weight excluding hydrogens is 406 g/mol. The van der Waals surface area contributed by atoms with Gasteiger partial charge in [0.2, 0.25) is 5.91 Å². The lowest BCUT2D eigenvalue weighted by molar-refractivity contribution is -0.116. The summed E-state index contributed by atoms with van der Waals surface area (Å²) >= 11 is 3.45. The van der Waals surface area contributed by atoms with Crippen molar-refractivity contribution in [1.82, 2.24) is 5.32 Å². The van der Waals surface area contributed by atoms with Crippen LogP contribution in [0.2, 0.25) is 0 Å². The van der Waals surface area contributed by atoms with Gasteiger partial charge in [-0.25, -0.2) is 0 Å². The molecule has 4 nitrogen and oxygen atoms in total. The number of methoxy groups -OCH3 is 1. The summed E-state index contributed by atoms with van der Waals surface area (Å²) in [5.41, 5.74) is 2.04. The van der Waals surface area contributed by atoms with E-state index in [9.17, 15) is 4.79 Å². The lowest BCUT2D eigenvalue weighted by atomic mass is 9.74. The molecule has 0 atom stereocenters. The number of hydrogen-bond donors (Lipinski definition) is 1. The number of amides is 1. The Bertz CT molecular complexity index is 798. The summed E-state index contributed by atoms with van der Waals surface area (Å²) in [5, 5.41) is 3.08. The number of benzene rings is 2. The second-order valence-corrected chi connectivity index (χ2v) is 7.61. The van der Waals surface area contributed by atoms with Crippen molar-refractivity contribution >= 4 is 27.9 Å². The molecule has 1 aliphatic heterocycles. The average Bonchev–Trinajstić information content (AvgIpc) is 2.72. The molecule has 1 aliphatic rings. The fraction of sp³-hybridized carbons (Fsp3) is 0.318. The zero-order valence-electron chi connectivity index (χ0n) is 15.4. The van der Waals surface area contributed by atoms with E-state index < -0.39 is 0 Å². The third-order valence-corrected chi connectivity index (χ3v) is 5.54. The molecule has 0 aromatic heterocycles. The number of rotatable bonds is 6. The highest BCUT2D eigenvalue weighted by atomic mass is 79.9. The van der Waals surface area contributed by atoms with Crippen LogP contribution in [0.3, 0.4) is 0 Å². The Morgan fingerprint density at radius 1 is 1.22 bits per heavy atom. The van der Waals surface area contributed by atoms with Crippen molar-refractivity contribution in [2.24, 2.45) is 0 Å². The zero-order valence-corrected chi connectivity index (χ0v) is 17.0. The molecule has 1 saturated heterocycles. The normalized spacial score (nSPS) is 16.2. The Morgan fingerprint density at radius 2 is 1.96 bits per heavy atom. The van der Waals surface area contributed by atoms with Gasteiger partial charge in [-0.1, -0.05) is 46.3 Å². The minimum atomic E-state index is -0.112. The first kappa shape index (κ1) is 19.6. The van der Waals surface area contributed by atoms with Gasteiger partial charge in [-0.05, 0) is 42.7 Å². The van der Waals surface area contributed by atoms with E-state index in [1.54, 1.807) is 19.3 Å². The fourth-order valence-corrected chi connectivity index (χ4v) is 3.82. The van der Waals surface area contributed by atoms with Crippen molar-refractivity contribution in [2.75, 3.05) is 26.9 Å². The molecule has 0 spiro atoms. The van der Waals surface area contributed by atoms with Crippen molar-refractivity contribution in [3.8, 4) is 5.75 Å². The van der Waals surface area contributed by atoms with Crippen molar-refractivity contribution in [3.63, 3.8) is 0 Å². The number of hydrogen-bond acceptors (Lipinski definition) is 3. The van der Waals surface area contributed by atoms with Gasteiger partial charge in [0.15, 0.2) is 0 Å². The molecule has 1 amide bonds. The van der Waals surface area contributed by atoms with Gasteiger partial charge in [-0.3, -0.25) is 4.79 Å². The second-order valence-electron chi connectivity index (χ2n) is 6.70. The fourth-order valence-electron chi connectivity index (χ4n) is 3.44. The van der Waals surface area contributed by atoms with Crippen LogP contribution in [-0.4, -0.2) is 32.8 Å². The maximum absolute atomic E-state index is 12.4. The molecule has 5 heteroatoms. The molecule has 0 aliphatic carbocycles. The highest BCUT2D eigenvalue weighted by molar-refractivity contribution is 9.10. The summed E-state index contributed by atoms with van der Waals surface area (Å²) < 4.78 is 11.8. The number of ether oxygens (including phenoxy) is 2. The predicted octanol–water partition coefficient (Wildman–Crippen LogP) is 4.34.